The van der Waals surface area contributed by atoms with Crippen molar-refractivity contribution in [2.24, 2.45) is 11.8 Å². The van der Waals surface area contributed by atoms with E-state index in [0.29, 0.717) is 5.69 Å². The first-order chi connectivity index (χ1) is 16.8. The van der Waals surface area contributed by atoms with Crippen molar-refractivity contribution in [3.05, 3.63) is 105 Å². The molecule has 3 aromatic rings. The molecular weight excluding hydrogens is 514 g/mol. The van der Waals surface area contributed by atoms with Crippen molar-refractivity contribution < 1.29 is 19.3 Å². The van der Waals surface area contributed by atoms with Crippen LogP contribution in [0.4, 0.5) is 11.4 Å². The number of amides is 3. The lowest BCUT2D eigenvalue weighted by molar-refractivity contribution is -0.384. The number of likely N-dealkylation sites (tertiary alicyclic amines) is 1. The van der Waals surface area contributed by atoms with Crippen LogP contribution in [0.3, 0.4) is 0 Å². The summed E-state index contributed by atoms with van der Waals surface area (Å²) in [5.74, 6) is -2.85. The molecule has 1 saturated heterocycles. The van der Waals surface area contributed by atoms with Gasteiger partial charge in [0.1, 0.15) is 6.54 Å². The van der Waals surface area contributed by atoms with Crippen LogP contribution in [0.25, 0.3) is 0 Å². The Hall–Kier alpha value is -3.85. The van der Waals surface area contributed by atoms with Gasteiger partial charge in [-0.25, -0.2) is 0 Å². The number of non-ortho nitro benzene ring substituents is 1. The minimum Gasteiger partial charge on any atom is -0.325 e. The lowest BCUT2D eigenvalue weighted by atomic mass is 9.55. The molecule has 0 radical (unpaired) electrons. The lowest BCUT2D eigenvalue weighted by Crippen LogP contribution is -2.50. The van der Waals surface area contributed by atoms with E-state index in [1.807, 2.05) is 48.5 Å². The summed E-state index contributed by atoms with van der Waals surface area (Å²) >= 11 is 3.92. The third kappa shape index (κ3) is 2.94. The van der Waals surface area contributed by atoms with Crippen molar-refractivity contribution in [2.45, 2.75) is 10.2 Å². The van der Waals surface area contributed by atoms with Crippen molar-refractivity contribution in [1.29, 1.82) is 0 Å². The van der Waals surface area contributed by atoms with E-state index in [1.54, 1.807) is 0 Å². The number of halogens is 1. The second-order valence-electron chi connectivity index (χ2n) is 8.98. The predicted octanol–water partition coefficient (Wildman–Crippen LogP) is 3.93. The van der Waals surface area contributed by atoms with Crippen LogP contribution in [0, 0.1) is 22.0 Å². The number of carbonyl (C=O) groups is 3. The van der Waals surface area contributed by atoms with E-state index in [1.165, 1.54) is 24.3 Å². The Morgan fingerprint density at radius 1 is 0.943 bits per heavy atom. The zero-order valence-electron chi connectivity index (χ0n) is 18.2. The van der Waals surface area contributed by atoms with Gasteiger partial charge in [0, 0.05) is 23.7 Å². The smallest absolute Gasteiger partial charge is 0.269 e. The standard InChI is InChI=1S/C26H18BrN3O5/c27-26-18-7-3-1-5-16(18)21(17-6-2-4-8-19(17)26)22-23(26)25(33)29(24(22)32)13-20(31)28-14-9-11-15(12-10-14)30(34)35/h1-12,21-23H,13H2,(H,28,31)/t21?,22-,23-,26?/m1/s1. The Bertz CT molecular complexity index is 1390. The molecule has 1 aliphatic heterocycles. The number of nitrogens with zero attached hydrogens (tertiary/aromatic N) is 2. The summed E-state index contributed by atoms with van der Waals surface area (Å²) in [6.45, 7) is -0.426. The van der Waals surface area contributed by atoms with Crippen LogP contribution in [-0.4, -0.2) is 34.1 Å². The molecule has 1 N–H and O–H groups in total. The molecule has 2 atom stereocenters. The zero-order chi connectivity index (χ0) is 24.5. The summed E-state index contributed by atoms with van der Waals surface area (Å²) in [4.78, 5) is 51.5. The molecule has 0 unspecified atom stereocenters. The number of hydrogen-bond donors (Lipinski definition) is 1. The highest BCUT2D eigenvalue weighted by Gasteiger charge is 2.67. The number of nitrogens with one attached hydrogen (secondary N) is 1. The minimum absolute atomic E-state index is 0.103. The lowest BCUT2D eigenvalue weighted by Gasteiger charge is -2.51. The molecule has 3 aliphatic carbocycles. The van der Waals surface area contributed by atoms with Crippen molar-refractivity contribution >= 4 is 45.0 Å². The fraction of sp³-hybridized carbons (Fsp3) is 0.192. The number of benzene rings is 3. The average Bonchev–Trinajstić information content (AvgIpc) is 3.11. The molecule has 35 heavy (non-hydrogen) atoms. The highest BCUT2D eigenvalue weighted by Crippen LogP contribution is 2.66. The molecule has 1 heterocycles. The number of imide groups is 1. The number of alkyl halides is 1. The van der Waals surface area contributed by atoms with Gasteiger partial charge in [0.15, 0.2) is 0 Å². The fourth-order valence-corrected chi connectivity index (χ4v) is 7.11. The third-order valence-corrected chi connectivity index (χ3v) is 8.62. The minimum atomic E-state index is -0.865. The molecular formula is C26H18BrN3O5. The summed E-state index contributed by atoms with van der Waals surface area (Å²) in [5, 5.41) is 13.5. The number of hydrogen-bond acceptors (Lipinski definition) is 5. The van der Waals surface area contributed by atoms with Gasteiger partial charge in [-0.1, -0.05) is 64.5 Å². The van der Waals surface area contributed by atoms with Crippen LogP contribution in [0.2, 0.25) is 0 Å². The summed E-state index contributed by atoms with van der Waals surface area (Å²) in [7, 11) is 0. The molecule has 0 aromatic heterocycles. The molecule has 9 heteroatoms. The van der Waals surface area contributed by atoms with Gasteiger partial charge in [0.25, 0.3) is 5.69 Å². The first-order valence-electron chi connectivity index (χ1n) is 11.1. The van der Waals surface area contributed by atoms with Crippen molar-refractivity contribution in [3.63, 3.8) is 0 Å². The van der Waals surface area contributed by atoms with Gasteiger partial charge < -0.3 is 5.32 Å². The SMILES string of the molecule is O=C(CN1C(=O)[C@@H]2C3c4ccccc4C(Br)(c4ccccc43)[C@H]2C1=O)Nc1ccc([N+](=O)[O-])cc1. The maximum Gasteiger partial charge on any atom is 0.269 e. The maximum atomic E-state index is 13.7. The third-order valence-electron chi connectivity index (χ3n) is 7.27. The Morgan fingerprint density at radius 2 is 1.51 bits per heavy atom. The molecule has 2 bridgehead atoms. The summed E-state index contributed by atoms with van der Waals surface area (Å²) < 4.78 is -0.865. The van der Waals surface area contributed by atoms with Crippen LogP contribution in [0.5, 0.6) is 0 Å². The molecule has 1 fully saturated rings. The fourth-order valence-electron chi connectivity index (χ4n) is 5.91. The van der Waals surface area contributed by atoms with Crippen LogP contribution >= 0.6 is 15.9 Å². The molecule has 3 amide bonds. The number of carbonyl (C=O) groups excluding carboxylic acids is 3. The van der Waals surface area contributed by atoms with E-state index >= 15 is 0 Å². The van der Waals surface area contributed by atoms with Crippen LogP contribution in [0.1, 0.15) is 28.2 Å². The van der Waals surface area contributed by atoms with Gasteiger partial charge in [-0.05, 0) is 34.4 Å². The van der Waals surface area contributed by atoms with E-state index in [2.05, 4.69) is 21.2 Å². The highest BCUT2D eigenvalue weighted by atomic mass is 79.9. The maximum absolute atomic E-state index is 13.7. The second kappa shape index (κ2) is 7.58. The summed E-state index contributed by atoms with van der Waals surface area (Å²) in [6, 6.07) is 21.1. The first kappa shape index (κ1) is 21.7. The highest BCUT2D eigenvalue weighted by molar-refractivity contribution is 9.09. The van der Waals surface area contributed by atoms with Gasteiger partial charge in [-0.2, -0.15) is 0 Å². The van der Waals surface area contributed by atoms with Gasteiger partial charge >= 0.3 is 0 Å². The molecule has 3 aromatic carbocycles. The molecule has 8 nitrogen and oxygen atoms in total. The van der Waals surface area contributed by atoms with Crippen LogP contribution in [-0.2, 0) is 18.7 Å². The molecule has 0 spiro atoms. The van der Waals surface area contributed by atoms with Crippen LogP contribution < -0.4 is 5.32 Å². The van der Waals surface area contributed by atoms with E-state index in [4.69, 9.17) is 0 Å². The monoisotopic (exact) mass is 531 g/mol. The van der Waals surface area contributed by atoms with Crippen molar-refractivity contribution in [2.75, 3.05) is 11.9 Å². The molecule has 174 valence electrons. The quantitative estimate of drug-likeness (QED) is 0.237. The van der Waals surface area contributed by atoms with E-state index in [0.717, 1.165) is 27.2 Å². The zero-order valence-corrected chi connectivity index (χ0v) is 19.8. The number of nitro groups is 1. The first-order valence-corrected chi connectivity index (χ1v) is 11.9. The predicted molar refractivity (Wildman–Crippen MR) is 130 cm³/mol. The average molecular weight is 532 g/mol. The Morgan fingerprint density at radius 3 is 2.09 bits per heavy atom. The van der Waals surface area contributed by atoms with Crippen molar-refractivity contribution in [3.8, 4) is 0 Å². The van der Waals surface area contributed by atoms with E-state index < -0.39 is 33.5 Å². The normalized spacial score (nSPS) is 25.6. The largest absolute Gasteiger partial charge is 0.325 e. The number of nitro benzene ring substituents is 1. The second-order valence-corrected chi connectivity index (χ2v) is 10.2. The Balaban J connectivity index is 1.33. The Labute approximate surface area is 208 Å². The molecule has 7 rings (SSSR count). The molecule has 4 aliphatic rings. The topological polar surface area (TPSA) is 110 Å². The van der Waals surface area contributed by atoms with Gasteiger partial charge in [-0.3, -0.25) is 29.4 Å². The number of anilines is 1. The van der Waals surface area contributed by atoms with Gasteiger partial charge in [0.2, 0.25) is 17.7 Å². The van der Waals surface area contributed by atoms with Crippen LogP contribution in [0.15, 0.2) is 72.8 Å². The van der Waals surface area contributed by atoms with Gasteiger partial charge in [0.05, 0.1) is 21.1 Å². The summed E-state index contributed by atoms with van der Waals surface area (Å²) in [5.41, 5.74) is 4.22. The van der Waals surface area contributed by atoms with E-state index in [9.17, 15) is 24.5 Å². The van der Waals surface area contributed by atoms with E-state index in [-0.39, 0.29) is 23.4 Å². The van der Waals surface area contributed by atoms with Gasteiger partial charge in [-0.15, -0.1) is 0 Å². The van der Waals surface area contributed by atoms with Crippen molar-refractivity contribution in [1.82, 2.24) is 4.90 Å². The molecule has 0 saturated carbocycles. The number of rotatable bonds is 4. The Kier molecular flexibility index (Phi) is 4.69. The summed E-state index contributed by atoms with van der Waals surface area (Å²) in [6.07, 6.45) is 0.